The van der Waals surface area contributed by atoms with Crippen molar-refractivity contribution in [1.29, 1.82) is 0 Å². The zero-order valence-corrected chi connectivity index (χ0v) is 57.7. The van der Waals surface area contributed by atoms with Crippen molar-refractivity contribution in [2.24, 2.45) is 23.7 Å². The van der Waals surface area contributed by atoms with Crippen LogP contribution in [0.15, 0.2) is 0 Å². The van der Waals surface area contributed by atoms with E-state index in [1.807, 2.05) is 0 Å². The van der Waals surface area contributed by atoms with Crippen LogP contribution in [0.2, 0.25) is 0 Å². The van der Waals surface area contributed by atoms with Crippen molar-refractivity contribution in [3.8, 4) is 0 Å². The molecule has 7 atom stereocenters. The van der Waals surface area contributed by atoms with Gasteiger partial charge in [0, 0.05) is 25.7 Å². The molecule has 0 bridgehead atoms. The molecule has 0 spiro atoms. The van der Waals surface area contributed by atoms with Crippen molar-refractivity contribution in [1.82, 2.24) is 0 Å². The van der Waals surface area contributed by atoms with Crippen molar-refractivity contribution < 1.29 is 80.2 Å². The van der Waals surface area contributed by atoms with E-state index in [4.69, 9.17) is 37.0 Å². The van der Waals surface area contributed by atoms with Gasteiger partial charge in [-0.3, -0.25) is 37.3 Å². The molecule has 0 aliphatic carbocycles. The maximum absolute atomic E-state index is 13.0. The molecule has 86 heavy (non-hydrogen) atoms. The predicted octanol–water partition coefficient (Wildman–Crippen LogP) is 18.5. The Hall–Kier alpha value is -1.94. The van der Waals surface area contributed by atoms with E-state index in [9.17, 15) is 43.2 Å². The minimum absolute atomic E-state index is 0.103. The minimum Gasteiger partial charge on any atom is -0.462 e. The molecule has 0 aliphatic heterocycles. The molecule has 0 radical (unpaired) electrons. The van der Waals surface area contributed by atoms with Gasteiger partial charge in [-0.25, -0.2) is 9.13 Å². The van der Waals surface area contributed by atoms with Gasteiger partial charge < -0.3 is 33.8 Å². The van der Waals surface area contributed by atoms with Crippen LogP contribution in [0.4, 0.5) is 0 Å². The summed E-state index contributed by atoms with van der Waals surface area (Å²) in [7, 11) is -9.90. The monoisotopic (exact) mass is 1270 g/mol. The van der Waals surface area contributed by atoms with Gasteiger partial charge in [0.1, 0.15) is 19.3 Å². The van der Waals surface area contributed by atoms with Crippen LogP contribution in [-0.2, 0) is 65.4 Å². The Labute approximate surface area is 524 Å². The van der Waals surface area contributed by atoms with Crippen LogP contribution in [0.1, 0.15) is 325 Å². The Balaban J connectivity index is 5.26. The minimum atomic E-state index is -4.95. The van der Waals surface area contributed by atoms with Gasteiger partial charge in [-0.15, -0.1) is 0 Å². The maximum Gasteiger partial charge on any atom is 0.472 e. The number of rotatable bonds is 64. The third-order valence-electron chi connectivity index (χ3n) is 16.0. The molecule has 0 saturated heterocycles. The number of hydrogen-bond acceptors (Lipinski definition) is 15. The van der Waals surface area contributed by atoms with Gasteiger partial charge in [0.25, 0.3) is 0 Å². The largest absolute Gasteiger partial charge is 0.472 e. The second kappa shape index (κ2) is 57.0. The molecule has 0 aromatic rings. The molecule has 0 amide bonds. The molecule has 0 heterocycles. The Kier molecular flexibility index (Phi) is 55.7. The fraction of sp³-hybridized carbons (Fsp3) is 0.940. The lowest BCUT2D eigenvalue weighted by atomic mass is 9.99. The summed E-state index contributed by atoms with van der Waals surface area (Å²) in [5.41, 5.74) is 0. The number of unbranched alkanes of at least 4 members (excludes halogenated alkanes) is 28. The Bertz CT molecular complexity index is 1720. The normalized spacial score (nSPS) is 15.0. The lowest BCUT2D eigenvalue weighted by Gasteiger charge is -2.21. The molecule has 19 heteroatoms. The zero-order chi connectivity index (χ0) is 63.9. The fourth-order valence-corrected chi connectivity index (χ4v) is 11.5. The average molecular weight is 1270 g/mol. The van der Waals surface area contributed by atoms with E-state index < -0.39 is 97.5 Å². The van der Waals surface area contributed by atoms with E-state index in [-0.39, 0.29) is 25.7 Å². The first-order chi connectivity index (χ1) is 41.2. The number of esters is 4. The molecule has 0 rings (SSSR count). The van der Waals surface area contributed by atoms with Gasteiger partial charge >= 0.3 is 39.5 Å². The quantitative estimate of drug-likeness (QED) is 0.0222. The number of aliphatic hydroxyl groups excluding tert-OH is 1. The number of carbonyl (C=O) groups excluding carboxylic acids is 4. The summed E-state index contributed by atoms with van der Waals surface area (Å²) < 4.78 is 68.1. The Morgan fingerprint density at radius 2 is 0.558 bits per heavy atom. The summed E-state index contributed by atoms with van der Waals surface area (Å²) >= 11 is 0. The first kappa shape index (κ1) is 84.1. The highest BCUT2D eigenvalue weighted by Crippen LogP contribution is 2.45. The van der Waals surface area contributed by atoms with Crippen LogP contribution in [-0.4, -0.2) is 96.7 Å². The highest BCUT2D eigenvalue weighted by molar-refractivity contribution is 7.47. The van der Waals surface area contributed by atoms with E-state index in [0.29, 0.717) is 31.6 Å². The van der Waals surface area contributed by atoms with Gasteiger partial charge in [0.05, 0.1) is 26.4 Å². The lowest BCUT2D eigenvalue weighted by Crippen LogP contribution is -2.30. The number of aliphatic hydroxyl groups is 1. The van der Waals surface area contributed by atoms with Crippen molar-refractivity contribution in [3.63, 3.8) is 0 Å². The number of ether oxygens (including phenoxy) is 4. The van der Waals surface area contributed by atoms with Crippen LogP contribution in [0.25, 0.3) is 0 Å². The van der Waals surface area contributed by atoms with E-state index in [1.54, 1.807) is 0 Å². The SMILES string of the molecule is CCC(C)CCCCCCCCCCC(=O)O[C@H](COC(=O)CCCCCCCCCCCCC(C)C)COP(=O)(O)OC[C@@H](O)COP(=O)(O)OC[C@@H](COC(=O)CCCCCCCCC(C)C)OC(=O)CCCCCCCCCCC(C)CC. The van der Waals surface area contributed by atoms with Crippen molar-refractivity contribution in [3.05, 3.63) is 0 Å². The fourth-order valence-electron chi connectivity index (χ4n) is 9.89. The predicted molar refractivity (Wildman–Crippen MR) is 344 cm³/mol. The van der Waals surface area contributed by atoms with Gasteiger partial charge in [0.2, 0.25) is 0 Å². The summed E-state index contributed by atoms with van der Waals surface area (Å²) in [5, 5.41) is 10.6. The third-order valence-corrected chi connectivity index (χ3v) is 17.9. The molecule has 4 unspecified atom stereocenters. The van der Waals surface area contributed by atoms with Crippen molar-refractivity contribution >= 4 is 39.5 Å². The van der Waals surface area contributed by atoms with Gasteiger partial charge in [-0.2, -0.15) is 0 Å². The first-order valence-electron chi connectivity index (χ1n) is 34.8. The van der Waals surface area contributed by atoms with Gasteiger partial charge in [0.15, 0.2) is 12.2 Å². The highest BCUT2D eigenvalue weighted by atomic mass is 31.2. The van der Waals surface area contributed by atoms with Crippen molar-refractivity contribution in [2.75, 3.05) is 39.6 Å². The first-order valence-corrected chi connectivity index (χ1v) is 37.8. The molecule has 0 aliphatic rings. The third kappa shape index (κ3) is 58.4. The summed E-state index contributed by atoms with van der Waals surface area (Å²) in [6.07, 6.45) is 37.6. The van der Waals surface area contributed by atoms with E-state index >= 15 is 0 Å². The topological polar surface area (TPSA) is 237 Å². The highest BCUT2D eigenvalue weighted by Gasteiger charge is 2.30. The molecular weight excluding hydrogens is 1140 g/mol. The second-order valence-corrected chi connectivity index (χ2v) is 28.6. The summed E-state index contributed by atoms with van der Waals surface area (Å²) in [6.45, 7) is 14.0. The summed E-state index contributed by atoms with van der Waals surface area (Å²) in [4.78, 5) is 72.4. The molecule has 0 fully saturated rings. The number of phosphoric ester groups is 2. The molecule has 0 aromatic heterocycles. The molecule has 510 valence electrons. The number of carbonyl (C=O) groups is 4. The van der Waals surface area contributed by atoms with E-state index in [2.05, 4.69) is 55.4 Å². The van der Waals surface area contributed by atoms with Crippen molar-refractivity contribution in [2.45, 2.75) is 343 Å². The Morgan fingerprint density at radius 1 is 0.326 bits per heavy atom. The summed E-state index contributed by atoms with van der Waals surface area (Å²) in [6, 6.07) is 0. The van der Waals surface area contributed by atoms with Crippen LogP contribution < -0.4 is 0 Å². The van der Waals surface area contributed by atoms with Gasteiger partial charge in [-0.05, 0) is 49.4 Å². The molecule has 0 saturated carbocycles. The van der Waals surface area contributed by atoms with Crippen LogP contribution >= 0.6 is 15.6 Å². The smallest absolute Gasteiger partial charge is 0.462 e. The van der Waals surface area contributed by atoms with Crippen LogP contribution in [0.5, 0.6) is 0 Å². The standard InChI is InChI=1S/C67H130O17P2/c1-9-59(7)45-37-29-20-15-17-23-33-41-49-66(71)83-62(53-77-64(69)47-39-31-22-14-12-11-13-19-27-35-43-57(3)4)55-81-85(73,74)79-51-61(68)52-80-86(75,76)82-56-63(54-78-65(70)48-40-32-26-25-28-36-44-58(5)6)84-67(72)50-42-34-24-18-16-21-30-38-46-60(8)10-2/h57-63,68H,9-56H2,1-8H3,(H,73,74)(H,75,76)/t59?,60?,61-,62-,63-/m1/s1. The van der Waals surface area contributed by atoms with E-state index in [1.165, 1.54) is 122 Å². The van der Waals surface area contributed by atoms with Crippen LogP contribution in [0.3, 0.4) is 0 Å². The summed E-state index contributed by atoms with van der Waals surface area (Å²) in [5.74, 6) is 0.840. The maximum atomic E-state index is 13.0. The lowest BCUT2D eigenvalue weighted by molar-refractivity contribution is -0.161. The number of phosphoric acid groups is 2. The van der Waals surface area contributed by atoms with Gasteiger partial charge in [-0.1, -0.05) is 274 Å². The number of hydrogen-bond donors (Lipinski definition) is 3. The second-order valence-electron chi connectivity index (χ2n) is 25.6. The van der Waals surface area contributed by atoms with E-state index in [0.717, 1.165) is 114 Å². The Morgan fingerprint density at radius 3 is 0.826 bits per heavy atom. The molecular formula is C67H130O17P2. The molecule has 3 N–H and O–H groups in total. The molecule has 0 aromatic carbocycles. The zero-order valence-electron chi connectivity index (χ0n) is 55.9. The van der Waals surface area contributed by atoms with Crippen LogP contribution in [0, 0.1) is 23.7 Å². The molecule has 17 nitrogen and oxygen atoms in total. The average Bonchev–Trinajstić information content (AvgIpc) is 3.68.